The molecule has 0 unspecified atom stereocenters. The molecule has 0 radical (unpaired) electrons. The molecule has 0 aliphatic heterocycles. The van der Waals surface area contributed by atoms with E-state index >= 15 is 0 Å². The number of carbonyl (C=O) groups is 1. The van der Waals surface area contributed by atoms with Crippen LogP contribution in [0.1, 0.15) is 5.69 Å². The molecule has 0 aliphatic rings. The van der Waals surface area contributed by atoms with Crippen LogP contribution in [-0.2, 0) is 11.2 Å². The van der Waals surface area contributed by atoms with Gasteiger partial charge in [0.1, 0.15) is 5.02 Å². The highest BCUT2D eigenvalue weighted by Gasteiger charge is 2.13. The third kappa shape index (κ3) is 1.42. The Kier molecular flexibility index (Phi) is 2.09. The first-order valence-corrected chi connectivity index (χ1v) is 4.26. The summed E-state index contributed by atoms with van der Waals surface area (Å²) in [6, 6.07) is 1.70. The van der Waals surface area contributed by atoms with E-state index in [1.807, 2.05) is 0 Å². The predicted octanol–water partition coefficient (Wildman–Crippen LogP) is 1.01. The van der Waals surface area contributed by atoms with Crippen molar-refractivity contribution >= 4 is 23.2 Å². The van der Waals surface area contributed by atoms with Crippen LogP contribution in [0.5, 0.6) is 0 Å². The van der Waals surface area contributed by atoms with Crippen molar-refractivity contribution in [2.45, 2.75) is 6.42 Å². The average molecular weight is 212 g/mol. The number of carboxylic acids is 1. The Balaban J connectivity index is 2.57. The quantitative estimate of drug-likeness (QED) is 0.805. The van der Waals surface area contributed by atoms with Crippen molar-refractivity contribution < 1.29 is 9.90 Å². The molecule has 14 heavy (non-hydrogen) atoms. The molecule has 5 nitrogen and oxygen atoms in total. The summed E-state index contributed by atoms with van der Waals surface area (Å²) in [7, 11) is 0. The van der Waals surface area contributed by atoms with Crippen molar-refractivity contribution in [1.82, 2.24) is 14.6 Å². The van der Waals surface area contributed by atoms with E-state index in [2.05, 4.69) is 10.1 Å². The molecule has 2 aromatic rings. The second kappa shape index (κ2) is 3.26. The van der Waals surface area contributed by atoms with Gasteiger partial charge in [-0.1, -0.05) is 11.6 Å². The average Bonchev–Trinajstić information content (AvgIpc) is 2.44. The molecule has 0 amide bonds. The van der Waals surface area contributed by atoms with Crippen LogP contribution in [0.25, 0.3) is 5.65 Å². The Hall–Kier alpha value is -1.62. The summed E-state index contributed by atoms with van der Waals surface area (Å²) in [6.45, 7) is 0. The third-order valence-electron chi connectivity index (χ3n) is 1.72. The van der Waals surface area contributed by atoms with Crippen molar-refractivity contribution in [3.8, 4) is 0 Å². The highest BCUT2D eigenvalue weighted by molar-refractivity contribution is 6.34. The summed E-state index contributed by atoms with van der Waals surface area (Å²) < 4.78 is 1.46. The fourth-order valence-corrected chi connectivity index (χ4v) is 1.40. The van der Waals surface area contributed by atoms with E-state index in [1.54, 1.807) is 18.5 Å². The number of fused-ring (bicyclic) bond motifs is 1. The zero-order chi connectivity index (χ0) is 10.1. The topological polar surface area (TPSA) is 67.5 Å². The number of carboxylic acid groups (broad SMARTS) is 1. The minimum atomic E-state index is -0.963. The fourth-order valence-electron chi connectivity index (χ4n) is 1.16. The van der Waals surface area contributed by atoms with Gasteiger partial charge in [-0.25, -0.2) is 9.50 Å². The maximum Gasteiger partial charge on any atom is 0.309 e. The summed E-state index contributed by atoms with van der Waals surface area (Å²) in [5.74, 6) is -0.963. The summed E-state index contributed by atoms with van der Waals surface area (Å²) in [5.41, 5.74) is 0.809. The van der Waals surface area contributed by atoms with E-state index in [0.717, 1.165) is 0 Å². The lowest BCUT2D eigenvalue weighted by Crippen LogP contribution is -2.01. The first kappa shape index (κ1) is 8.96. The van der Waals surface area contributed by atoms with Crippen LogP contribution in [0.3, 0.4) is 0 Å². The molecule has 0 bridgehead atoms. The van der Waals surface area contributed by atoms with Gasteiger partial charge in [-0.15, -0.1) is 0 Å². The van der Waals surface area contributed by atoms with Gasteiger partial charge in [0.15, 0.2) is 5.65 Å². The zero-order valence-electron chi connectivity index (χ0n) is 7.01. The van der Waals surface area contributed by atoms with Crippen molar-refractivity contribution in [1.29, 1.82) is 0 Å². The number of hydrogen-bond donors (Lipinski definition) is 1. The van der Waals surface area contributed by atoms with Crippen LogP contribution in [0, 0.1) is 0 Å². The fraction of sp³-hybridized carbons (Fsp3) is 0.125. The Morgan fingerprint density at radius 1 is 1.64 bits per heavy atom. The van der Waals surface area contributed by atoms with Crippen LogP contribution in [0.4, 0.5) is 0 Å². The molecule has 0 aliphatic carbocycles. The van der Waals surface area contributed by atoms with Gasteiger partial charge >= 0.3 is 5.97 Å². The highest BCUT2D eigenvalue weighted by atomic mass is 35.5. The minimum Gasteiger partial charge on any atom is -0.481 e. The van der Waals surface area contributed by atoms with Gasteiger partial charge in [0.2, 0.25) is 0 Å². The molecular formula is C8H6ClN3O2. The summed E-state index contributed by atoms with van der Waals surface area (Å²) in [6.07, 6.45) is 3.05. The zero-order valence-corrected chi connectivity index (χ0v) is 7.77. The predicted molar refractivity (Wildman–Crippen MR) is 49.3 cm³/mol. The monoisotopic (exact) mass is 211 g/mol. The molecule has 72 valence electrons. The molecule has 2 heterocycles. The van der Waals surface area contributed by atoms with Crippen LogP contribution < -0.4 is 0 Å². The number of aromatic nitrogens is 3. The number of aliphatic carboxylic acids is 1. The number of nitrogens with zero attached hydrogens (tertiary/aromatic N) is 3. The van der Waals surface area contributed by atoms with Crippen molar-refractivity contribution in [3.05, 3.63) is 29.2 Å². The van der Waals surface area contributed by atoms with E-state index in [1.165, 1.54) is 4.52 Å². The van der Waals surface area contributed by atoms with Crippen LogP contribution in [0.15, 0.2) is 18.5 Å². The number of halogens is 1. The highest BCUT2D eigenvalue weighted by Crippen LogP contribution is 2.19. The standard InChI is InChI=1S/C8H6ClN3O2/c9-7-5(4-6(13)14)11-12-3-1-2-10-8(7)12/h1-3H,4H2,(H,13,14). The van der Waals surface area contributed by atoms with Crippen LogP contribution >= 0.6 is 11.6 Å². The Labute approximate surface area is 83.9 Å². The molecule has 0 atom stereocenters. The van der Waals surface area contributed by atoms with E-state index < -0.39 is 5.97 Å². The molecule has 2 rings (SSSR count). The van der Waals surface area contributed by atoms with E-state index in [-0.39, 0.29) is 6.42 Å². The van der Waals surface area contributed by atoms with E-state index in [4.69, 9.17) is 16.7 Å². The van der Waals surface area contributed by atoms with Gasteiger partial charge in [0.25, 0.3) is 0 Å². The first-order valence-electron chi connectivity index (χ1n) is 3.88. The largest absolute Gasteiger partial charge is 0.481 e. The molecule has 0 fully saturated rings. The molecule has 0 spiro atoms. The normalized spacial score (nSPS) is 10.6. The Bertz CT molecular complexity index is 494. The lowest BCUT2D eigenvalue weighted by molar-refractivity contribution is -0.136. The van der Waals surface area contributed by atoms with Crippen LogP contribution in [-0.4, -0.2) is 25.7 Å². The Morgan fingerprint density at radius 3 is 3.07 bits per heavy atom. The molecule has 0 saturated heterocycles. The molecule has 2 aromatic heterocycles. The van der Waals surface area contributed by atoms with Crippen molar-refractivity contribution in [2.75, 3.05) is 0 Å². The summed E-state index contributed by atoms with van der Waals surface area (Å²) >= 11 is 5.89. The maximum atomic E-state index is 10.5. The minimum absolute atomic E-state index is 0.192. The van der Waals surface area contributed by atoms with Gasteiger partial charge in [-0.2, -0.15) is 5.10 Å². The van der Waals surface area contributed by atoms with Crippen LogP contribution in [0.2, 0.25) is 5.02 Å². The number of rotatable bonds is 2. The molecule has 0 saturated carbocycles. The maximum absolute atomic E-state index is 10.5. The molecular weight excluding hydrogens is 206 g/mol. The first-order chi connectivity index (χ1) is 6.68. The van der Waals surface area contributed by atoms with Gasteiger partial charge in [-0.3, -0.25) is 4.79 Å². The van der Waals surface area contributed by atoms with Crippen molar-refractivity contribution in [3.63, 3.8) is 0 Å². The second-order valence-corrected chi connectivity index (χ2v) is 3.10. The molecule has 6 heteroatoms. The van der Waals surface area contributed by atoms with E-state index in [9.17, 15) is 4.79 Å². The van der Waals surface area contributed by atoms with Gasteiger partial charge in [0.05, 0.1) is 12.1 Å². The SMILES string of the molecule is O=C(O)Cc1nn2cccnc2c1Cl. The Morgan fingerprint density at radius 2 is 2.43 bits per heavy atom. The smallest absolute Gasteiger partial charge is 0.309 e. The molecule has 1 N–H and O–H groups in total. The van der Waals surface area contributed by atoms with E-state index in [0.29, 0.717) is 16.4 Å². The van der Waals surface area contributed by atoms with Crippen molar-refractivity contribution in [2.24, 2.45) is 0 Å². The lowest BCUT2D eigenvalue weighted by Gasteiger charge is -1.88. The second-order valence-electron chi connectivity index (χ2n) is 2.72. The third-order valence-corrected chi connectivity index (χ3v) is 2.11. The van der Waals surface area contributed by atoms with Gasteiger partial charge in [0, 0.05) is 12.4 Å². The van der Waals surface area contributed by atoms with Gasteiger partial charge in [-0.05, 0) is 6.07 Å². The summed E-state index contributed by atoms with van der Waals surface area (Å²) in [4.78, 5) is 14.5. The van der Waals surface area contributed by atoms with Gasteiger partial charge < -0.3 is 5.11 Å². The lowest BCUT2D eigenvalue weighted by atomic mass is 10.3. The number of hydrogen-bond acceptors (Lipinski definition) is 3. The molecule has 0 aromatic carbocycles. The summed E-state index contributed by atoms with van der Waals surface area (Å²) in [5, 5.41) is 12.9.